The first kappa shape index (κ1) is 15.9. The van der Waals surface area contributed by atoms with Crippen LogP contribution in [0.4, 0.5) is 0 Å². The molecule has 21 heavy (non-hydrogen) atoms. The molecular weight excluding hydrogens is 294 g/mol. The van der Waals surface area contributed by atoms with Crippen LogP contribution in [0.25, 0.3) is 0 Å². The largest absolute Gasteiger partial charge is 0.481 e. The molecule has 0 aliphatic carbocycles. The van der Waals surface area contributed by atoms with Gasteiger partial charge in [-0.3, -0.25) is 9.78 Å². The lowest BCUT2D eigenvalue weighted by molar-refractivity contribution is -0.142. The minimum absolute atomic E-state index is 0.181. The van der Waals surface area contributed by atoms with E-state index in [0.29, 0.717) is 12.8 Å². The highest BCUT2D eigenvalue weighted by Gasteiger charge is 2.30. The van der Waals surface area contributed by atoms with Gasteiger partial charge in [0.2, 0.25) is 0 Å². The van der Waals surface area contributed by atoms with Crippen LogP contribution in [0.2, 0.25) is 0 Å². The molecule has 0 amide bonds. The van der Waals surface area contributed by atoms with Crippen LogP contribution in [0.3, 0.4) is 0 Å². The zero-order valence-electron chi connectivity index (χ0n) is 11.8. The Morgan fingerprint density at radius 2 is 2.14 bits per heavy atom. The van der Waals surface area contributed by atoms with Crippen molar-refractivity contribution < 1.29 is 18.3 Å². The molecule has 0 radical (unpaired) electrons. The maximum absolute atomic E-state index is 12.2. The molecule has 2 rings (SSSR count). The van der Waals surface area contributed by atoms with Gasteiger partial charge in [0.1, 0.15) is 0 Å². The second-order valence-corrected chi connectivity index (χ2v) is 6.90. The van der Waals surface area contributed by atoms with E-state index in [2.05, 4.69) is 9.71 Å². The molecule has 0 bridgehead atoms. The number of aromatic nitrogens is 1. The number of aliphatic carboxylic acids is 1. The molecule has 0 spiro atoms. The number of nitrogens with one attached hydrogen (secondary N) is 1. The fourth-order valence-corrected chi connectivity index (χ4v) is 3.50. The van der Waals surface area contributed by atoms with Gasteiger partial charge in [0.15, 0.2) is 0 Å². The summed E-state index contributed by atoms with van der Waals surface area (Å²) in [5.41, 5.74) is 1.79. The molecule has 116 valence electrons. The minimum atomic E-state index is -3.58. The normalized spacial score (nSPS) is 17.8. The predicted octanol–water partition coefficient (Wildman–Crippen LogP) is 0.521. The van der Waals surface area contributed by atoms with Crippen LogP contribution >= 0.6 is 0 Å². The van der Waals surface area contributed by atoms with E-state index in [1.807, 2.05) is 13.0 Å². The van der Waals surface area contributed by atoms with Gasteiger partial charge in [-0.25, -0.2) is 0 Å². The summed E-state index contributed by atoms with van der Waals surface area (Å²) in [6.07, 6.45) is 3.99. The first-order valence-electron chi connectivity index (χ1n) is 6.77. The van der Waals surface area contributed by atoms with Gasteiger partial charge in [0.25, 0.3) is 10.2 Å². The summed E-state index contributed by atoms with van der Waals surface area (Å²) in [4.78, 5) is 14.8. The third-order valence-corrected chi connectivity index (χ3v) is 5.29. The first-order valence-corrected chi connectivity index (χ1v) is 8.21. The summed E-state index contributed by atoms with van der Waals surface area (Å²) >= 11 is 0. The summed E-state index contributed by atoms with van der Waals surface area (Å²) in [5, 5.41) is 8.92. The number of hydrogen-bond acceptors (Lipinski definition) is 4. The maximum Gasteiger partial charge on any atom is 0.306 e. The molecule has 0 atom stereocenters. The van der Waals surface area contributed by atoms with E-state index >= 15 is 0 Å². The van der Waals surface area contributed by atoms with Crippen LogP contribution < -0.4 is 4.72 Å². The van der Waals surface area contributed by atoms with Crippen molar-refractivity contribution in [1.29, 1.82) is 0 Å². The molecule has 1 aromatic heterocycles. The number of aryl methyl sites for hydroxylation is 1. The lowest BCUT2D eigenvalue weighted by Crippen LogP contribution is -2.45. The second-order valence-electron chi connectivity index (χ2n) is 5.14. The molecule has 1 aliphatic heterocycles. The summed E-state index contributed by atoms with van der Waals surface area (Å²) in [6.45, 7) is 2.54. The van der Waals surface area contributed by atoms with Gasteiger partial charge in [-0.05, 0) is 37.0 Å². The fourth-order valence-electron chi connectivity index (χ4n) is 2.29. The minimum Gasteiger partial charge on any atom is -0.481 e. The first-order chi connectivity index (χ1) is 9.90. The summed E-state index contributed by atoms with van der Waals surface area (Å²) in [5.74, 6) is -1.30. The SMILES string of the molecule is Cc1ccncc1CNS(=O)(=O)N1CCC(C(=O)O)CC1. The van der Waals surface area contributed by atoms with E-state index in [9.17, 15) is 13.2 Å². The zero-order valence-corrected chi connectivity index (χ0v) is 12.6. The molecule has 1 aliphatic rings. The molecule has 0 saturated carbocycles. The zero-order chi connectivity index (χ0) is 15.5. The van der Waals surface area contributed by atoms with Crippen LogP contribution in [-0.2, 0) is 21.5 Å². The van der Waals surface area contributed by atoms with Gasteiger partial charge in [-0.1, -0.05) is 0 Å². The number of nitrogens with zero attached hydrogens (tertiary/aromatic N) is 2. The lowest BCUT2D eigenvalue weighted by Gasteiger charge is -2.29. The van der Waals surface area contributed by atoms with Crippen LogP contribution in [0, 0.1) is 12.8 Å². The Balaban J connectivity index is 1.94. The predicted molar refractivity (Wildman–Crippen MR) is 76.7 cm³/mol. The molecule has 8 heteroatoms. The van der Waals surface area contributed by atoms with Gasteiger partial charge >= 0.3 is 5.97 Å². The van der Waals surface area contributed by atoms with Crippen molar-refractivity contribution in [2.24, 2.45) is 5.92 Å². The van der Waals surface area contributed by atoms with E-state index in [0.717, 1.165) is 11.1 Å². The van der Waals surface area contributed by atoms with Crippen molar-refractivity contribution in [3.8, 4) is 0 Å². The average Bonchev–Trinajstić information content (AvgIpc) is 2.46. The number of carbonyl (C=O) groups is 1. The van der Waals surface area contributed by atoms with Crippen molar-refractivity contribution in [2.45, 2.75) is 26.3 Å². The van der Waals surface area contributed by atoms with Gasteiger partial charge < -0.3 is 5.11 Å². The number of hydrogen-bond donors (Lipinski definition) is 2. The quantitative estimate of drug-likeness (QED) is 0.825. The molecule has 0 unspecified atom stereocenters. The average molecular weight is 313 g/mol. The Morgan fingerprint density at radius 3 is 2.71 bits per heavy atom. The Labute approximate surface area is 124 Å². The van der Waals surface area contributed by atoms with Crippen molar-refractivity contribution in [3.63, 3.8) is 0 Å². The smallest absolute Gasteiger partial charge is 0.306 e. The Kier molecular flexibility index (Phi) is 4.92. The van der Waals surface area contributed by atoms with Crippen LogP contribution in [0.1, 0.15) is 24.0 Å². The van der Waals surface area contributed by atoms with Crippen molar-refractivity contribution in [1.82, 2.24) is 14.0 Å². The summed E-state index contributed by atoms with van der Waals surface area (Å²) in [6, 6.07) is 1.82. The van der Waals surface area contributed by atoms with Crippen LogP contribution in [0.15, 0.2) is 18.5 Å². The van der Waals surface area contributed by atoms with Crippen molar-refractivity contribution in [3.05, 3.63) is 29.6 Å². The third kappa shape index (κ3) is 3.99. The third-order valence-electron chi connectivity index (χ3n) is 3.74. The number of pyridine rings is 1. The van der Waals surface area contributed by atoms with E-state index in [-0.39, 0.29) is 19.6 Å². The van der Waals surface area contributed by atoms with Crippen LogP contribution in [0.5, 0.6) is 0 Å². The molecule has 0 aromatic carbocycles. The summed E-state index contributed by atoms with van der Waals surface area (Å²) < 4.78 is 28.2. The fraction of sp³-hybridized carbons (Fsp3) is 0.538. The van der Waals surface area contributed by atoms with Gasteiger partial charge in [0, 0.05) is 32.0 Å². The molecule has 1 aromatic rings. The Morgan fingerprint density at radius 1 is 1.48 bits per heavy atom. The standard InChI is InChI=1S/C13H19N3O4S/c1-10-2-5-14-8-12(10)9-15-21(19,20)16-6-3-11(4-7-16)13(17)18/h2,5,8,11,15H,3-4,6-7,9H2,1H3,(H,17,18). The highest BCUT2D eigenvalue weighted by atomic mass is 32.2. The highest BCUT2D eigenvalue weighted by molar-refractivity contribution is 7.87. The summed E-state index contributed by atoms with van der Waals surface area (Å²) in [7, 11) is -3.58. The lowest BCUT2D eigenvalue weighted by atomic mass is 9.99. The second kappa shape index (κ2) is 6.50. The molecular formula is C13H19N3O4S. The number of rotatable bonds is 5. The van der Waals surface area contributed by atoms with E-state index in [1.54, 1.807) is 12.4 Å². The highest BCUT2D eigenvalue weighted by Crippen LogP contribution is 2.19. The molecule has 2 N–H and O–H groups in total. The Hall–Kier alpha value is -1.51. The van der Waals surface area contributed by atoms with Gasteiger partial charge in [-0.15, -0.1) is 0 Å². The molecule has 1 saturated heterocycles. The van der Waals surface area contributed by atoms with E-state index in [4.69, 9.17) is 5.11 Å². The molecule has 2 heterocycles. The molecule has 1 fully saturated rings. The number of carboxylic acid groups (broad SMARTS) is 1. The van der Waals surface area contributed by atoms with Gasteiger partial charge in [0.05, 0.1) is 5.92 Å². The monoisotopic (exact) mass is 313 g/mol. The van der Waals surface area contributed by atoms with Crippen LogP contribution in [-0.4, -0.2) is 41.9 Å². The van der Waals surface area contributed by atoms with E-state index in [1.165, 1.54) is 4.31 Å². The topological polar surface area (TPSA) is 99.6 Å². The molecule has 7 nitrogen and oxygen atoms in total. The Bertz CT molecular complexity index is 610. The van der Waals surface area contributed by atoms with Crippen molar-refractivity contribution in [2.75, 3.05) is 13.1 Å². The van der Waals surface area contributed by atoms with Gasteiger partial charge in [-0.2, -0.15) is 17.4 Å². The number of carboxylic acids is 1. The number of piperidine rings is 1. The maximum atomic E-state index is 12.2. The van der Waals surface area contributed by atoms with E-state index < -0.39 is 22.1 Å². The van der Waals surface area contributed by atoms with Crippen molar-refractivity contribution >= 4 is 16.2 Å².